The Bertz CT molecular complexity index is 52.0. The van der Waals surface area contributed by atoms with Crippen LogP contribution in [0.15, 0.2) is 0 Å². The second kappa shape index (κ2) is 4.89. The summed E-state index contributed by atoms with van der Waals surface area (Å²) in [6.45, 7) is 0. The summed E-state index contributed by atoms with van der Waals surface area (Å²) in [5, 5.41) is 0. The van der Waals surface area contributed by atoms with Gasteiger partial charge in [0.1, 0.15) is 0 Å². The Morgan fingerprint density at radius 1 is 1.12 bits per heavy atom. The molecule has 0 aliphatic carbocycles. The molecule has 8 heavy (non-hydrogen) atoms. The van der Waals surface area contributed by atoms with Gasteiger partial charge in [0.15, 0.2) is 0 Å². The summed E-state index contributed by atoms with van der Waals surface area (Å²) < 4.78 is 8.23. The van der Waals surface area contributed by atoms with Crippen molar-refractivity contribution in [3.63, 3.8) is 0 Å². The molecular formula is C2H8NaO4Si. The van der Waals surface area contributed by atoms with E-state index in [0.717, 1.165) is 0 Å². The molecule has 0 aromatic rings. The molecule has 0 aliphatic rings. The third kappa shape index (κ3) is 5.20. The fourth-order valence-electron chi connectivity index (χ4n) is 0.0833. The SMILES string of the molecule is CO[Si](O)(O)OC.[Na]. The maximum atomic E-state index is 8.38. The molecule has 4 nitrogen and oxygen atoms in total. The van der Waals surface area contributed by atoms with Crippen LogP contribution in [0.5, 0.6) is 0 Å². The predicted octanol–water partition coefficient (Wildman–Crippen LogP) is -1.68. The third-order valence-electron chi connectivity index (χ3n) is 0.532. The number of rotatable bonds is 2. The Hall–Kier alpha value is 1.06. The maximum absolute atomic E-state index is 8.38. The maximum Gasteiger partial charge on any atom is 0.673 e. The first kappa shape index (κ1) is 11.8. The molecule has 0 aromatic carbocycles. The molecule has 0 aromatic heterocycles. The van der Waals surface area contributed by atoms with Crippen LogP contribution >= 0.6 is 0 Å². The second-order valence-electron chi connectivity index (χ2n) is 0.957. The Kier molecular flexibility index (Phi) is 7.22. The zero-order valence-corrected chi connectivity index (χ0v) is 8.21. The van der Waals surface area contributed by atoms with Crippen molar-refractivity contribution in [1.82, 2.24) is 0 Å². The van der Waals surface area contributed by atoms with E-state index in [-0.39, 0.29) is 29.6 Å². The number of hydrogen-bond donors (Lipinski definition) is 2. The Labute approximate surface area is 71.2 Å². The standard InChI is InChI=1S/C2H8O4Si.Na/c1-5-7(3,4)6-2;/h3-4H,1-2H3;. The number of hydrogen-bond acceptors (Lipinski definition) is 4. The largest absolute Gasteiger partial charge is 0.673 e. The summed E-state index contributed by atoms with van der Waals surface area (Å²) in [5.74, 6) is 0. The average molecular weight is 147 g/mol. The minimum atomic E-state index is -3.65. The van der Waals surface area contributed by atoms with E-state index in [1.165, 1.54) is 14.2 Å². The minimum Gasteiger partial charge on any atom is -0.367 e. The molecule has 45 valence electrons. The van der Waals surface area contributed by atoms with Gasteiger partial charge in [0.25, 0.3) is 0 Å². The third-order valence-corrected chi connectivity index (χ3v) is 1.60. The van der Waals surface area contributed by atoms with Gasteiger partial charge >= 0.3 is 9.05 Å². The van der Waals surface area contributed by atoms with Gasteiger partial charge in [0.2, 0.25) is 0 Å². The van der Waals surface area contributed by atoms with Crippen molar-refractivity contribution in [3.8, 4) is 0 Å². The van der Waals surface area contributed by atoms with Gasteiger partial charge in [-0.05, 0) is 0 Å². The van der Waals surface area contributed by atoms with Crippen LogP contribution in [0.3, 0.4) is 0 Å². The molecular weight excluding hydrogens is 139 g/mol. The summed E-state index contributed by atoms with van der Waals surface area (Å²) in [6.07, 6.45) is 0. The summed E-state index contributed by atoms with van der Waals surface area (Å²) in [5.41, 5.74) is 0. The summed E-state index contributed by atoms with van der Waals surface area (Å²) >= 11 is 0. The fraction of sp³-hybridized carbons (Fsp3) is 1.00. The summed E-state index contributed by atoms with van der Waals surface area (Å²) in [7, 11) is -1.30. The predicted molar refractivity (Wildman–Crippen MR) is 30.0 cm³/mol. The quantitative estimate of drug-likeness (QED) is 0.458. The molecule has 6 heteroatoms. The van der Waals surface area contributed by atoms with E-state index in [2.05, 4.69) is 8.85 Å². The molecule has 0 atom stereocenters. The van der Waals surface area contributed by atoms with E-state index < -0.39 is 9.05 Å². The molecule has 0 rings (SSSR count). The van der Waals surface area contributed by atoms with Crippen molar-refractivity contribution in [3.05, 3.63) is 0 Å². The molecule has 0 saturated heterocycles. The van der Waals surface area contributed by atoms with Crippen LogP contribution in [-0.2, 0) is 8.85 Å². The van der Waals surface area contributed by atoms with Crippen LogP contribution in [0, 0.1) is 0 Å². The van der Waals surface area contributed by atoms with Crippen molar-refractivity contribution in [2.75, 3.05) is 14.2 Å². The summed E-state index contributed by atoms with van der Waals surface area (Å²) in [6, 6.07) is 0. The van der Waals surface area contributed by atoms with E-state index in [1.54, 1.807) is 0 Å². The molecule has 0 heterocycles. The van der Waals surface area contributed by atoms with E-state index in [4.69, 9.17) is 9.59 Å². The monoisotopic (exact) mass is 147 g/mol. The molecule has 0 amide bonds. The van der Waals surface area contributed by atoms with Gasteiger partial charge in [-0.1, -0.05) is 0 Å². The minimum absolute atomic E-state index is 0. The van der Waals surface area contributed by atoms with Crippen LogP contribution in [0.4, 0.5) is 0 Å². The first-order valence-corrected chi connectivity index (χ1v) is 3.38. The zero-order chi connectivity index (χ0) is 5.91. The normalized spacial score (nSPS) is 10.5. The first-order chi connectivity index (χ1) is 3.12. The van der Waals surface area contributed by atoms with Crippen molar-refractivity contribution in [2.45, 2.75) is 0 Å². The molecule has 0 unspecified atom stereocenters. The molecule has 0 saturated carbocycles. The average Bonchev–Trinajstić information content (AvgIpc) is 1.68. The van der Waals surface area contributed by atoms with E-state index in [1.807, 2.05) is 0 Å². The van der Waals surface area contributed by atoms with Crippen molar-refractivity contribution in [1.29, 1.82) is 0 Å². The molecule has 0 aliphatic heterocycles. The molecule has 0 fully saturated rings. The zero-order valence-electron chi connectivity index (χ0n) is 5.21. The van der Waals surface area contributed by atoms with Crippen molar-refractivity contribution >= 4 is 38.6 Å². The van der Waals surface area contributed by atoms with Gasteiger partial charge < -0.3 is 18.4 Å². The van der Waals surface area contributed by atoms with E-state index in [9.17, 15) is 0 Å². The van der Waals surface area contributed by atoms with Gasteiger partial charge in [-0.15, -0.1) is 0 Å². The fourth-order valence-corrected chi connectivity index (χ4v) is 0.250. The van der Waals surface area contributed by atoms with Crippen LogP contribution in [0.2, 0.25) is 0 Å². The Morgan fingerprint density at radius 3 is 1.38 bits per heavy atom. The van der Waals surface area contributed by atoms with Crippen molar-refractivity contribution in [2.24, 2.45) is 0 Å². The van der Waals surface area contributed by atoms with Crippen LogP contribution in [0.25, 0.3) is 0 Å². The Balaban J connectivity index is 0. The van der Waals surface area contributed by atoms with Crippen molar-refractivity contribution < 1.29 is 18.4 Å². The van der Waals surface area contributed by atoms with E-state index in [0.29, 0.717) is 0 Å². The van der Waals surface area contributed by atoms with Gasteiger partial charge in [-0.2, -0.15) is 0 Å². The summed E-state index contributed by atoms with van der Waals surface area (Å²) in [4.78, 5) is 16.8. The molecule has 1 radical (unpaired) electrons. The molecule has 2 N–H and O–H groups in total. The van der Waals surface area contributed by atoms with Gasteiger partial charge in [0, 0.05) is 43.8 Å². The molecule has 0 bridgehead atoms. The van der Waals surface area contributed by atoms with E-state index >= 15 is 0 Å². The van der Waals surface area contributed by atoms with Gasteiger partial charge in [0.05, 0.1) is 0 Å². The Morgan fingerprint density at radius 2 is 1.38 bits per heavy atom. The van der Waals surface area contributed by atoms with Crippen LogP contribution in [0.1, 0.15) is 0 Å². The molecule has 0 spiro atoms. The van der Waals surface area contributed by atoms with Gasteiger partial charge in [-0.25, -0.2) is 0 Å². The van der Waals surface area contributed by atoms with Crippen LogP contribution in [-0.4, -0.2) is 62.4 Å². The second-order valence-corrected chi connectivity index (χ2v) is 2.87. The smallest absolute Gasteiger partial charge is 0.367 e. The first-order valence-electron chi connectivity index (χ1n) is 1.67. The van der Waals surface area contributed by atoms with Crippen LogP contribution < -0.4 is 0 Å². The van der Waals surface area contributed by atoms with Gasteiger partial charge in [-0.3, -0.25) is 0 Å². The topological polar surface area (TPSA) is 58.9 Å².